The number of halogens is 2. The molecule has 0 unspecified atom stereocenters. The second kappa shape index (κ2) is 9.65. The van der Waals surface area contributed by atoms with E-state index in [0.717, 1.165) is 23.3 Å². The third-order valence-corrected chi connectivity index (χ3v) is 4.39. The molecule has 0 aliphatic rings. The highest BCUT2D eigenvalue weighted by molar-refractivity contribution is 5.97. The maximum absolute atomic E-state index is 13.3. The Morgan fingerprint density at radius 2 is 1.53 bits per heavy atom. The number of benzene rings is 3. The van der Waals surface area contributed by atoms with E-state index in [1.54, 1.807) is 24.3 Å². The van der Waals surface area contributed by atoms with Crippen LogP contribution >= 0.6 is 0 Å². The molecule has 7 heteroatoms. The molecule has 3 N–H and O–H groups in total. The lowest BCUT2D eigenvalue weighted by molar-refractivity contribution is -0.119. The third-order valence-electron chi connectivity index (χ3n) is 4.39. The Balaban J connectivity index is 1.62. The van der Waals surface area contributed by atoms with Crippen LogP contribution in [0.1, 0.15) is 21.5 Å². The van der Waals surface area contributed by atoms with Crippen LogP contribution in [0.25, 0.3) is 0 Å². The van der Waals surface area contributed by atoms with Gasteiger partial charge in [0.05, 0.1) is 0 Å². The van der Waals surface area contributed by atoms with Gasteiger partial charge >= 0.3 is 0 Å². The summed E-state index contributed by atoms with van der Waals surface area (Å²) in [6, 6.07) is 18.1. The minimum Gasteiger partial charge on any atom is -0.489 e. The Hall–Kier alpha value is -3.74. The van der Waals surface area contributed by atoms with Crippen molar-refractivity contribution in [3.63, 3.8) is 0 Å². The number of rotatable bonds is 8. The highest BCUT2D eigenvalue weighted by atomic mass is 19.1. The van der Waals surface area contributed by atoms with Crippen molar-refractivity contribution in [1.29, 1.82) is 0 Å². The molecule has 30 heavy (non-hydrogen) atoms. The van der Waals surface area contributed by atoms with Gasteiger partial charge < -0.3 is 15.8 Å². The van der Waals surface area contributed by atoms with E-state index in [-0.39, 0.29) is 12.0 Å². The van der Waals surface area contributed by atoms with Crippen molar-refractivity contribution in [3.05, 3.63) is 101 Å². The lowest BCUT2D eigenvalue weighted by atomic mass is 10.0. The molecule has 3 aromatic carbocycles. The molecule has 0 aliphatic heterocycles. The fourth-order valence-corrected chi connectivity index (χ4v) is 2.85. The van der Waals surface area contributed by atoms with E-state index in [1.807, 2.05) is 30.3 Å². The molecule has 0 heterocycles. The Kier molecular flexibility index (Phi) is 6.75. The summed E-state index contributed by atoms with van der Waals surface area (Å²) in [4.78, 5) is 24.0. The number of carbonyl (C=O) groups excluding carboxylic acids is 2. The van der Waals surface area contributed by atoms with Gasteiger partial charge in [0, 0.05) is 18.1 Å². The van der Waals surface area contributed by atoms with Crippen molar-refractivity contribution in [3.8, 4) is 5.75 Å². The third kappa shape index (κ3) is 5.88. The summed E-state index contributed by atoms with van der Waals surface area (Å²) >= 11 is 0. The van der Waals surface area contributed by atoms with Crippen LogP contribution in [-0.2, 0) is 17.8 Å². The van der Waals surface area contributed by atoms with Gasteiger partial charge in [-0.2, -0.15) is 0 Å². The molecule has 1 atom stereocenters. The summed E-state index contributed by atoms with van der Waals surface area (Å²) < 4.78 is 32.3. The largest absolute Gasteiger partial charge is 0.489 e. The molecule has 0 aliphatic carbocycles. The van der Waals surface area contributed by atoms with Gasteiger partial charge in [-0.25, -0.2) is 8.78 Å². The Bertz CT molecular complexity index is 1000. The molecule has 0 saturated heterocycles. The molecular weight excluding hydrogens is 390 g/mol. The fraction of sp³-hybridized carbons (Fsp3) is 0.130. The summed E-state index contributed by atoms with van der Waals surface area (Å²) in [6.45, 7) is 0.421. The predicted molar refractivity (Wildman–Crippen MR) is 108 cm³/mol. The van der Waals surface area contributed by atoms with Crippen LogP contribution in [0.2, 0.25) is 0 Å². The lowest BCUT2D eigenvalue weighted by Crippen LogP contribution is -2.45. The first-order valence-electron chi connectivity index (χ1n) is 9.22. The zero-order valence-electron chi connectivity index (χ0n) is 16.0. The van der Waals surface area contributed by atoms with E-state index >= 15 is 0 Å². The molecule has 0 aromatic heterocycles. The van der Waals surface area contributed by atoms with Crippen molar-refractivity contribution in [2.45, 2.75) is 19.1 Å². The van der Waals surface area contributed by atoms with Crippen molar-refractivity contribution in [2.75, 3.05) is 0 Å². The van der Waals surface area contributed by atoms with E-state index in [1.165, 1.54) is 0 Å². The van der Waals surface area contributed by atoms with Crippen molar-refractivity contribution < 1.29 is 23.1 Å². The number of nitrogens with one attached hydrogen (secondary N) is 1. The Labute approximate surface area is 172 Å². The molecule has 0 fully saturated rings. The monoisotopic (exact) mass is 410 g/mol. The molecule has 3 aromatic rings. The topological polar surface area (TPSA) is 81.4 Å². The van der Waals surface area contributed by atoms with Gasteiger partial charge in [-0.3, -0.25) is 9.59 Å². The summed E-state index contributed by atoms with van der Waals surface area (Å²) in [7, 11) is 0. The smallest absolute Gasteiger partial charge is 0.252 e. The van der Waals surface area contributed by atoms with Gasteiger partial charge in [-0.05, 0) is 35.4 Å². The van der Waals surface area contributed by atoms with Gasteiger partial charge in [0.25, 0.3) is 5.91 Å². The van der Waals surface area contributed by atoms with Gasteiger partial charge in [0.1, 0.15) is 30.0 Å². The summed E-state index contributed by atoms with van der Waals surface area (Å²) in [5.41, 5.74) is 6.92. The molecule has 0 saturated carbocycles. The maximum atomic E-state index is 13.3. The van der Waals surface area contributed by atoms with Crippen LogP contribution in [0, 0.1) is 11.6 Å². The minimum atomic E-state index is -1.04. The quantitative estimate of drug-likeness (QED) is 0.597. The number of amides is 2. The van der Waals surface area contributed by atoms with E-state index in [4.69, 9.17) is 10.5 Å². The number of hydrogen-bond donors (Lipinski definition) is 2. The second-order valence-corrected chi connectivity index (χ2v) is 6.71. The van der Waals surface area contributed by atoms with Gasteiger partial charge in [-0.15, -0.1) is 0 Å². The fourth-order valence-electron chi connectivity index (χ4n) is 2.85. The van der Waals surface area contributed by atoms with Crippen LogP contribution in [0.3, 0.4) is 0 Å². The molecule has 154 valence electrons. The van der Waals surface area contributed by atoms with Gasteiger partial charge in [-0.1, -0.05) is 42.5 Å². The maximum Gasteiger partial charge on any atom is 0.252 e. The highest BCUT2D eigenvalue weighted by Crippen LogP contribution is 2.16. The second-order valence-electron chi connectivity index (χ2n) is 6.71. The van der Waals surface area contributed by atoms with E-state index in [9.17, 15) is 18.4 Å². The number of carbonyl (C=O) groups is 2. The van der Waals surface area contributed by atoms with Crippen LogP contribution in [0.4, 0.5) is 8.78 Å². The lowest BCUT2D eigenvalue weighted by Gasteiger charge is -2.16. The minimum absolute atomic E-state index is 0.123. The van der Waals surface area contributed by atoms with Crippen LogP contribution in [0.15, 0.2) is 72.8 Å². The number of nitrogens with two attached hydrogens (primary N) is 1. The van der Waals surface area contributed by atoms with Crippen molar-refractivity contribution in [1.82, 2.24) is 5.32 Å². The molecule has 0 radical (unpaired) electrons. The number of hydrogen-bond acceptors (Lipinski definition) is 3. The molecular formula is C23H20F2N2O3. The predicted octanol–water partition coefficient (Wildman–Crippen LogP) is 3.37. The number of primary amides is 1. The first kappa shape index (κ1) is 21.0. The first-order chi connectivity index (χ1) is 14.4. The summed E-state index contributed by atoms with van der Waals surface area (Å²) in [5, 5.41) is 2.42. The average molecular weight is 410 g/mol. The molecule has 0 spiro atoms. The normalized spacial score (nSPS) is 11.5. The van der Waals surface area contributed by atoms with Crippen LogP contribution in [0.5, 0.6) is 5.75 Å². The number of ether oxygens (including phenoxy) is 1. The SMILES string of the molecule is NC(=O)[C@H](Cc1ccc(OCc2ccccc2)cc1)NC(=O)c1cc(F)cc(F)c1. The molecule has 5 nitrogen and oxygen atoms in total. The first-order valence-corrected chi connectivity index (χ1v) is 9.22. The Morgan fingerprint density at radius 3 is 2.13 bits per heavy atom. The summed E-state index contributed by atoms with van der Waals surface area (Å²) in [6.07, 6.45) is 0.123. The standard InChI is InChI=1S/C23H20F2N2O3/c24-18-11-17(12-19(25)13-18)23(29)27-21(22(26)28)10-15-6-8-20(9-7-15)30-14-16-4-2-1-3-5-16/h1-9,11-13,21H,10,14H2,(H2,26,28)(H,27,29)/t21-/m0/s1. The van der Waals surface area contributed by atoms with E-state index in [0.29, 0.717) is 18.4 Å². The van der Waals surface area contributed by atoms with E-state index < -0.39 is 29.5 Å². The van der Waals surface area contributed by atoms with Gasteiger partial charge in [0.15, 0.2) is 0 Å². The van der Waals surface area contributed by atoms with Crippen LogP contribution < -0.4 is 15.8 Å². The zero-order valence-corrected chi connectivity index (χ0v) is 16.0. The summed E-state index contributed by atoms with van der Waals surface area (Å²) in [5.74, 6) is -2.68. The Morgan fingerprint density at radius 1 is 0.900 bits per heavy atom. The van der Waals surface area contributed by atoms with Crippen molar-refractivity contribution >= 4 is 11.8 Å². The highest BCUT2D eigenvalue weighted by Gasteiger charge is 2.20. The van der Waals surface area contributed by atoms with E-state index in [2.05, 4.69) is 5.32 Å². The average Bonchev–Trinajstić information content (AvgIpc) is 2.72. The molecule has 3 rings (SSSR count). The molecule has 0 bridgehead atoms. The molecule has 2 amide bonds. The zero-order chi connectivity index (χ0) is 21.5. The van der Waals surface area contributed by atoms with Crippen molar-refractivity contribution in [2.24, 2.45) is 5.73 Å². The van der Waals surface area contributed by atoms with Crippen LogP contribution in [-0.4, -0.2) is 17.9 Å². The van der Waals surface area contributed by atoms with Gasteiger partial charge in [0.2, 0.25) is 5.91 Å².